The van der Waals surface area contributed by atoms with Crippen LogP contribution in [0.1, 0.15) is 17.1 Å². The van der Waals surface area contributed by atoms with Gasteiger partial charge in [-0.25, -0.2) is 9.97 Å². The molecule has 0 N–H and O–H groups in total. The van der Waals surface area contributed by atoms with Crippen molar-refractivity contribution in [1.82, 2.24) is 19.5 Å². The Morgan fingerprint density at radius 2 is 1.86 bits per heavy atom. The molecular weight excluding hydrogens is 278 g/mol. The monoisotopic (exact) mass is 293 g/mol. The van der Waals surface area contributed by atoms with Gasteiger partial charge < -0.3 is 4.90 Å². The number of aryl methyl sites for hydroxylation is 1. The van der Waals surface area contributed by atoms with Crippen molar-refractivity contribution in [3.63, 3.8) is 0 Å². The second kappa shape index (κ2) is 4.62. The van der Waals surface area contributed by atoms with Gasteiger partial charge in [-0.1, -0.05) is 12.1 Å². The molecule has 0 spiro atoms. The zero-order chi connectivity index (χ0) is 15.3. The van der Waals surface area contributed by atoms with Crippen molar-refractivity contribution in [2.45, 2.75) is 20.0 Å². The highest BCUT2D eigenvalue weighted by Crippen LogP contribution is 2.24. The number of rotatable bonds is 1. The maximum atomic E-state index is 12.3. The average Bonchev–Trinajstić information content (AvgIpc) is 2.96. The maximum absolute atomic E-state index is 12.3. The topological polar surface area (TPSA) is 63.9 Å². The Morgan fingerprint density at radius 1 is 1.09 bits per heavy atom. The predicted octanol–water partition coefficient (Wildman–Crippen LogP) is 1.55. The van der Waals surface area contributed by atoms with E-state index in [2.05, 4.69) is 15.0 Å². The zero-order valence-corrected chi connectivity index (χ0v) is 12.4. The maximum Gasteiger partial charge on any atom is 0.258 e. The number of hydrogen-bond donors (Lipinski definition) is 0. The van der Waals surface area contributed by atoms with Crippen LogP contribution in [-0.4, -0.2) is 19.5 Å². The lowest BCUT2D eigenvalue weighted by atomic mass is 10.2. The molecule has 0 unspecified atom stereocenters. The van der Waals surface area contributed by atoms with Crippen LogP contribution in [0.4, 0.5) is 5.82 Å². The Bertz CT molecular complexity index is 947. The normalized spacial score (nSPS) is 13.6. The SMILES string of the molecule is Cc1nc2c(c(=O)n1C)CN(c1cnc3ccccc3n1)C2. The third kappa shape index (κ3) is 1.88. The molecule has 110 valence electrons. The van der Waals surface area contributed by atoms with E-state index < -0.39 is 0 Å². The highest BCUT2D eigenvalue weighted by Gasteiger charge is 2.25. The van der Waals surface area contributed by atoms with Gasteiger partial charge in [0.25, 0.3) is 5.56 Å². The van der Waals surface area contributed by atoms with Crippen molar-refractivity contribution in [1.29, 1.82) is 0 Å². The lowest BCUT2D eigenvalue weighted by Gasteiger charge is -2.15. The van der Waals surface area contributed by atoms with E-state index in [9.17, 15) is 4.79 Å². The first-order valence-corrected chi connectivity index (χ1v) is 7.15. The summed E-state index contributed by atoms with van der Waals surface area (Å²) in [5, 5.41) is 0. The molecule has 22 heavy (non-hydrogen) atoms. The molecule has 0 bridgehead atoms. The van der Waals surface area contributed by atoms with Gasteiger partial charge in [-0.05, 0) is 19.1 Å². The van der Waals surface area contributed by atoms with Gasteiger partial charge in [-0.15, -0.1) is 0 Å². The fourth-order valence-corrected chi connectivity index (χ4v) is 2.79. The highest BCUT2D eigenvalue weighted by atomic mass is 16.1. The smallest absolute Gasteiger partial charge is 0.258 e. The first-order chi connectivity index (χ1) is 10.6. The summed E-state index contributed by atoms with van der Waals surface area (Å²) in [7, 11) is 1.75. The Hall–Kier alpha value is -2.76. The van der Waals surface area contributed by atoms with Crippen molar-refractivity contribution < 1.29 is 0 Å². The minimum atomic E-state index is 0.0266. The minimum absolute atomic E-state index is 0.0266. The van der Waals surface area contributed by atoms with Crippen molar-refractivity contribution in [3.8, 4) is 0 Å². The van der Waals surface area contributed by atoms with Gasteiger partial charge in [0.1, 0.15) is 11.6 Å². The summed E-state index contributed by atoms with van der Waals surface area (Å²) in [4.78, 5) is 28.0. The van der Waals surface area contributed by atoms with Crippen molar-refractivity contribution in [2.75, 3.05) is 4.90 Å². The summed E-state index contributed by atoms with van der Waals surface area (Å²) < 4.78 is 1.59. The molecule has 0 fully saturated rings. The molecule has 4 rings (SSSR count). The van der Waals surface area contributed by atoms with Crippen LogP contribution in [0.25, 0.3) is 11.0 Å². The summed E-state index contributed by atoms with van der Waals surface area (Å²) in [6.07, 6.45) is 1.76. The van der Waals surface area contributed by atoms with Crippen LogP contribution in [0.15, 0.2) is 35.3 Å². The largest absolute Gasteiger partial charge is 0.345 e. The number of fused-ring (bicyclic) bond motifs is 2. The Morgan fingerprint density at radius 3 is 2.68 bits per heavy atom. The molecule has 3 heterocycles. The lowest BCUT2D eigenvalue weighted by molar-refractivity contribution is 0.754. The average molecular weight is 293 g/mol. The number of nitrogens with zero attached hydrogens (tertiary/aromatic N) is 5. The first kappa shape index (κ1) is 12.9. The van der Waals surface area contributed by atoms with Crippen LogP contribution in [0.5, 0.6) is 0 Å². The molecule has 1 aliphatic rings. The second-order valence-corrected chi connectivity index (χ2v) is 5.52. The molecule has 1 aromatic carbocycles. The van der Waals surface area contributed by atoms with E-state index in [0.29, 0.717) is 13.1 Å². The van der Waals surface area contributed by atoms with Gasteiger partial charge >= 0.3 is 0 Å². The van der Waals surface area contributed by atoms with Gasteiger partial charge in [0.05, 0.1) is 41.6 Å². The summed E-state index contributed by atoms with van der Waals surface area (Å²) in [6, 6.07) is 7.76. The van der Waals surface area contributed by atoms with Crippen molar-refractivity contribution >= 4 is 16.9 Å². The molecule has 0 radical (unpaired) electrons. The zero-order valence-electron chi connectivity index (χ0n) is 12.4. The molecule has 6 nitrogen and oxygen atoms in total. The molecular formula is C16H15N5O. The standard InChI is InChI=1S/C16H15N5O/c1-10-18-14-9-21(8-11(14)16(22)20(10)2)15-7-17-12-5-3-4-6-13(12)19-15/h3-7H,8-9H2,1-2H3. The van der Waals surface area contributed by atoms with E-state index >= 15 is 0 Å². The number of benzene rings is 1. The van der Waals surface area contributed by atoms with Crippen molar-refractivity contribution in [2.24, 2.45) is 7.05 Å². The van der Waals surface area contributed by atoms with Crippen LogP contribution in [0.3, 0.4) is 0 Å². The Labute approximate surface area is 127 Å². The third-order valence-electron chi connectivity index (χ3n) is 4.14. The molecule has 0 saturated heterocycles. The number of aromatic nitrogens is 4. The number of hydrogen-bond acceptors (Lipinski definition) is 5. The molecule has 0 atom stereocenters. The number of anilines is 1. The number of para-hydroxylation sites is 2. The second-order valence-electron chi connectivity index (χ2n) is 5.52. The van der Waals surface area contributed by atoms with Crippen LogP contribution in [-0.2, 0) is 20.1 Å². The fraction of sp³-hybridized carbons (Fsp3) is 0.250. The van der Waals surface area contributed by atoms with Gasteiger partial charge in [0.15, 0.2) is 0 Å². The molecule has 0 saturated carbocycles. The summed E-state index contributed by atoms with van der Waals surface area (Å²) in [5.41, 5.74) is 3.35. The molecule has 2 aromatic heterocycles. The lowest BCUT2D eigenvalue weighted by Crippen LogP contribution is -2.25. The molecule has 6 heteroatoms. The summed E-state index contributed by atoms with van der Waals surface area (Å²) in [6.45, 7) is 2.97. The minimum Gasteiger partial charge on any atom is -0.345 e. The Kier molecular flexibility index (Phi) is 2.72. The van der Waals surface area contributed by atoms with Crippen LogP contribution in [0, 0.1) is 6.92 Å². The summed E-state index contributed by atoms with van der Waals surface area (Å²) >= 11 is 0. The van der Waals surface area contributed by atoms with E-state index in [-0.39, 0.29) is 5.56 Å². The van der Waals surface area contributed by atoms with Crippen LogP contribution < -0.4 is 10.5 Å². The first-order valence-electron chi connectivity index (χ1n) is 7.15. The molecule has 1 aliphatic heterocycles. The van der Waals surface area contributed by atoms with E-state index in [1.807, 2.05) is 36.1 Å². The van der Waals surface area contributed by atoms with Gasteiger partial charge in [0.2, 0.25) is 0 Å². The van der Waals surface area contributed by atoms with Gasteiger partial charge in [-0.3, -0.25) is 14.3 Å². The predicted molar refractivity (Wildman–Crippen MR) is 83.6 cm³/mol. The van der Waals surface area contributed by atoms with E-state index in [1.54, 1.807) is 17.8 Å². The van der Waals surface area contributed by atoms with E-state index in [4.69, 9.17) is 0 Å². The third-order valence-corrected chi connectivity index (χ3v) is 4.14. The fourth-order valence-electron chi connectivity index (χ4n) is 2.79. The van der Waals surface area contributed by atoms with E-state index in [0.717, 1.165) is 33.9 Å². The van der Waals surface area contributed by atoms with Crippen LogP contribution in [0.2, 0.25) is 0 Å². The van der Waals surface area contributed by atoms with Gasteiger partial charge in [-0.2, -0.15) is 0 Å². The molecule has 0 amide bonds. The van der Waals surface area contributed by atoms with Crippen LogP contribution >= 0.6 is 0 Å². The highest BCUT2D eigenvalue weighted by molar-refractivity contribution is 5.75. The van der Waals surface area contributed by atoms with Gasteiger partial charge in [0, 0.05) is 7.05 Å². The molecule has 3 aromatic rings. The van der Waals surface area contributed by atoms with Crippen molar-refractivity contribution in [3.05, 3.63) is 57.9 Å². The Balaban J connectivity index is 1.76. The quantitative estimate of drug-likeness (QED) is 0.681. The van der Waals surface area contributed by atoms with E-state index in [1.165, 1.54) is 0 Å². The molecule has 0 aliphatic carbocycles. The summed E-state index contributed by atoms with van der Waals surface area (Å²) in [5.74, 6) is 1.51.